The molecule has 0 saturated carbocycles. The van der Waals surface area contributed by atoms with E-state index in [1.165, 1.54) is 0 Å². The number of aliphatic hydroxyl groups excluding tert-OH is 1. The van der Waals surface area contributed by atoms with E-state index in [9.17, 15) is 5.11 Å². The van der Waals surface area contributed by atoms with Gasteiger partial charge in [0, 0.05) is 34.5 Å². The van der Waals surface area contributed by atoms with Gasteiger partial charge in [-0.3, -0.25) is 10.3 Å². The van der Waals surface area contributed by atoms with Crippen molar-refractivity contribution >= 4 is 30.2 Å². The molecule has 28 heavy (non-hydrogen) atoms. The Bertz CT molecular complexity index is 785. The Kier molecular flexibility index (Phi) is 8.57. The number of halogens is 1. The average Bonchev–Trinajstić information content (AvgIpc) is 2.92. The lowest BCUT2D eigenvalue weighted by molar-refractivity contribution is 0.0669. The minimum Gasteiger partial charge on any atom is -0.371 e. The molecular formula is C20H31BrN4O2Si. The number of benzene rings is 1. The first-order valence-electron chi connectivity index (χ1n) is 9.44. The summed E-state index contributed by atoms with van der Waals surface area (Å²) in [6.45, 7) is 10.6. The fourth-order valence-electron chi connectivity index (χ4n) is 2.61. The number of hydrogen-bond donors (Lipinski definition) is 2. The average molecular weight is 467 g/mol. The van der Waals surface area contributed by atoms with Crippen molar-refractivity contribution in [3.05, 3.63) is 51.5 Å². The molecule has 0 aliphatic heterocycles. The molecule has 0 bridgehead atoms. The first-order chi connectivity index (χ1) is 13.2. The maximum Gasteiger partial charge on any atom is 0.164 e. The number of aliphatic imine (C=N–C) groups is 1. The van der Waals surface area contributed by atoms with Crippen LogP contribution in [0.25, 0.3) is 0 Å². The topological polar surface area (TPSA) is 71.7 Å². The van der Waals surface area contributed by atoms with Crippen LogP contribution in [0.2, 0.25) is 25.7 Å². The third kappa shape index (κ3) is 6.93. The van der Waals surface area contributed by atoms with Crippen LogP contribution < -0.4 is 5.32 Å². The van der Waals surface area contributed by atoms with Gasteiger partial charge in [-0.1, -0.05) is 43.9 Å². The number of ether oxygens (including phenoxy) is 1. The molecular weight excluding hydrogens is 436 g/mol. The van der Waals surface area contributed by atoms with Crippen molar-refractivity contribution in [2.75, 3.05) is 13.7 Å². The van der Waals surface area contributed by atoms with E-state index in [2.05, 4.69) is 50.9 Å². The van der Waals surface area contributed by atoms with Crippen molar-refractivity contribution in [2.24, 2.45) is 4.99 Å². The van der Waals surface area contributed by atoms with Gasteiger partial charge < -0.3 is 14.4 Å². The van der Waals surface area contributed by atoms with Gasteiger partial charge >= 0.3 is 0 Å². The number of nitrogens with one attached hydrogen (secondary N) is 1. The molecule has 154 valence electrons. The number of aromatic nitrogens is 2. The number of hydrogen-bond acceptors (Lipinski definition) is 5. The van der Waals surface area contributed by atoms with Gasteiger partial charge in [-0.05, 0) is 40.0 Å². The van der Waals surface area contributed by atoms with E-state index in [0.717, 1.165) is 34.1 Å². The molecule has 0 radical (unpaired) electrons. The second kappa shape index (κ2) is 10.5. The van der Waals surface area contributed by atoms with Crippen molar-refractivity contribution < 1.29 is 9.84 Å². The van der Waals surface area contributed by atoms with E-state index in [4.69, 9.17) is 4.74 Å². The highest BCUT2D eigenvalue weighted by Gasteiger charge is 2.19. The lowest BCUT2D eigenvalue weighted by atomic mass is 10.1. The molecule has 0 aliphatic carbocycles. The van der Waals surface area contributed by atoms with Gasteiger partial charge in [0.15, 0.2) is 12.1 Å². The summed E-state index contributed by atoms with van der Waals surface area (Å²) in [5.74, 6) is 0.548. The van der Waals surface area contributed by atoms with Gasteiger partial charge in [-0.2, -0.15) is 0 Å². The van der Waals surface area contributed by atoms with Crippen LogP contribution >= 0.6 is 15.9 Å². The Labute approximate surface area is 177 Å². The smallest absolute Gasteiger partial charge is 0.164 e. The molecule has 1 unspecified atom stereocenters. The number of aliphatic hydroxyl groups is 1. The van der Waals surface area contributed by atoms with E-state index in [1.54, 1.807) is 7.05 Å². The van der Waals surface area contributed by atoms with Crippen LogP contribution in [0.15, 0.2) is 33.9 Å². The number of rotatable bonds is 10. The molecule has 2 N–H and O–H groups in total. The summed E-state index contributed by atoms with van der Waals surface area (Å²) in [6, 6.07) is 9.15. The van der Waals surface area contributed by atoms with E-state index in [-0.39, 0.29) is 0 Å². The van der Waals surface area contributed by atoms with E-state index < -0.39 is 14.3 Å². The predicted octanol–water partition coefficient (Wildman–Crippen LogP) is 4.10. The van der Waals surface area contributed by atoms with Crippen LogP contribution in [0, 0.1) is 6.92 Å². The highest BCUT2D eigenvalue weighted by molar-refractivity contribution is 9.10. The van der Waals surface area contributed by atoms with Gasteiger partial charge in [0.1, 0.15) is 11.3 Å². The van der Waals surface area contributed by atoms with Gasteiger partial charge in [0.25, 0.3) is 0 Å². The number of nitrogens with zero attached hydrogens (tertiary/aromatic N) is 3. The second-order valence-electron chi connectivity index (χ2n) is 8.03. The van der Waals surface area contributed by atoms with Crippen LogP contribution in [0.1, 0.15) is 28.9 Å². The van der Waals surface area contributed by atoms with Gasteiger partial charge in [-0.25, -0.2) is 4.98 Å². The van der Waals surface area contributed by atoms with Gasteiger partial charge in [0.2, 0.25) is 0 Å². The van der Waals surface area contributed by atoms with Crippen molar-refractivity contribution in [1.82, 2.24) is 14.9 Å². The Morgan fingerprint density at radius 2 is 2.00 bits per heavy atom. The number of imidazole rings is 1. The summed E-state index contributed by atoms with van der Waals surface area (Å²) in [5, 5.41) is 13.8. The third-order valence-corrected chi connectivity index (χ3v) is 6.87. The molecule has 6 nitrogen and oxygen atoms in total. The molecule has 8 heteroatoms. The molecule has 1 aromatic carbocycles. The summed E-state index contributed by atoms with van der Waals surface area (Å²) < 4.78 is 8.50. The predicted molar refractivity (Wildman–Crippen MR) is 121 cm³/mol. The lowest BCUT2D eigenvalue weighted by Crippen LogP contribution is -2.25. The normalized spacial score (nSPS) is 13.4. The zero-order chi connectivity index (χ0) is 20.7. The molecule has 1 atom stereocenters. The molecule has 0 fully saturated rings. The van der Waals surface area contributed by atoms with Crippen LogP contribution in [0.4, 0.5) is 0 Å². The largest absolute Gasteiger partial charge is 0.371 e. The van der Waals surface area contributed by atoms with Crippen molar-refractivity contribution in [3.8, 4) is 0 Å². The van der Waals surface area contributed by atoms with Crippen LogP contribution in [-0.2, 0) is 18.0 Å². The van der Waals surface area contributed by atoms with Gasteiger partial charge in [-0.15, -0.1) is 0 Å². The monoisotopic (exact) mass is 466 g/mol. The molecule has 1 aromatic heterocycles. The van der Waals surface area contributed by atoms with Crippen molar-refractivity contribution in [2.45, 2.75) is 52.1 Å². The van der Waals surface area contributed by atoms with E-state index in [0.29, 0.717) is 19.1 Å². The standard InChI is InChI=1S/C20H31BrN4O2Si/c1-15-18(21)24-19(25(15)14-27-10-11-28(3,4)5)20(26)23-13-17-8-6-16(7-9-17)12-22-2/h6-9,12,20,23,26H,10-11,13-14H2,1-5H3. The summed E-state index contributed by atoms with van der Waals surface area (Å²) >= 11 is 3.46. The Morgan fingerprint density at radius 3 is 2.61 bits per heavy atom. The van der Waals surface area contributed by atoms with Crippen LogP contribution in [-0.4, -0.2) is 42.6 Å². The van der Waals surface area contributed by atoms with Gasteiger partial charge in [0.05, 0.1) is 5.69 Å². The molecule has 0 spiro atoms. The summed E-state index contributed by atoms with van der Waals surface area (Å²) in [7, 11) is 0.625. The second-order valence-corrected chi connectivity index (χ2v) is 14.4. The maximum absolute atomic E-state index is 10.6. The Morgan fingerprint density at radius 1 is 1.32 bits per heavy atom. The first kappa shape index (κ1) is 23.0. The van der Waals surface area contributed by atoms with Crippen LogP contribution in [0.5, 0.6) is 0 Å². The van der Waals surface area contributed by atoms with E-state index in [1.807, 2.05) is 42.0 Å². The molecule has 2 rings (SSSR count). The minimum absolute atomic E-state index is 0.383. The van der Waals surface area contributed by atoms with Crippen molar-refractivity contribution in [1.29, 1.82) is 0 Å². The Hall–Kier alpha value is -1.32. The summed E-state index contributed by atoms with van der Waals surface area (Å²) in [5.41, 5.74) is 3.07. The molecule has 0 saturated heterocycles. The maximum atomic E-state index is 10.6. The van der Waals surface area contributed by atoms with E-state index >= 15 is 0 Å². The van der Waals surface area contributed by atoms with Crippen molar-refractivity contribution in [3.63, 3.8) is 0 Å². The van der Waals surface area contributed by atoms with Crippen LogP contribution in [0.3, 0.4) is 0 Å². The fourth-order valence-corrected chi connectivity index (χ4v) is 3.76. The highest BCUT2D eigenvalue weighted by Crippen LogP contribution is 2.21. The summed E-state index contributed by atoms with van der Waals surface area (Å²) in [4.78, 5) is 8.47. The Balaban J connectivity index is 1.98. The zero-order valence-corrected chi connectivity index (χ0v) is 20.0. The molecule has 0 amide bonds. The molecule has 1 heterocycles. The molecule has 0 aliphatic rings. The lowest BCUT2D eigenvalue weighted by Gasteiger charge is -2.18. The zero-order valence-electron chi connectivity index (χ0n) is 17.4. The SMILES string of the molecule is CN=Cc1ccc(CNC(O)c2nc(Br)c(C)n2COCC[Si](C)(C)C)cc1. The molecule has 2 aromatic rings. The minimum atomic E-state index is -1.13. The summed E-state index contributed by atoms with van der Waals surface area (Å²) in [6.07, 6.45) is 0.924. The third-order valence-electron chi connectivity index (χ3n) is 4.41. The fraction of sp³-hybridized carbons (Fsp3) is 0.500. The highest BCUT2D eigenvalue weighted by atomic mass is 79.9. The first-order valence-corrected chi connectivity index (χ1v) is 13.9. The quantitative estimate of drug-likeness (QED) is 0.239.